The van der Waals surface area contributed by atoms with Crippen molar-refractivity contribution < 1.29 is 22.4 Å². The van der Waals surface area contributed by atoms with E-state index in [1.165, 1.54) is 48.5 Å². The van der Waals surface area contributed by atoms with Gasteiger partial charge in [0.1, 0.15) is 12.4 Å². The van der Waals surface area contributed by atoms with Gasteiger partial charge in [-0.05, 0) is 48.0 Å². The molecule has 0 unspecified atom stereocenters. The van der Waals surface area contributed by atoms with E-state index in [0.29, 0.717) is 4.57 Å². The van der Waals surface area contributed by atoms with Crippen LogP contribution in [0, 0.1) is 5.82 Å². The fraction of sp³-hybridized carbons (Fsp3) is 0.125. The molecule has 0 saturated carbocycles. The van der Waals surface area contributed by atoms with Crippen molar-refractivity contribution in [1.29, 1.82) is 0 Å². The van der Waals surface area contributed by atoms with E-state index in [2.05, 4.69) is 5.32 Å². The predicted molar refractivity (Wildman–Crippen MR) is 122 cm³/mol. The Morgan fingerprint density at radius 1 is 0.971 bits per heavy atom. The highest BCUT2D eigenvalue weighted by molar-refractivity contribution is 6.31. The molecule has 6 nitrogen and oxygen atoms in total. The number of para-hydroxylation sites is 1. The number of aromatic nitrogens is 2. The lowest BCUT2D eigenvalue weighted by atomic mass is 10.1. The lowest BCUT2D eigenvalue weighted by Crippen LogP contribution is -2.42. The van der Waals surface area contributed by atoms with E-state index < -0.39 is 41.3 Å². The summed E-state index contributed by atoms with van der Waals surface area (Å²) in [6.45, 7) is -0.827. The van der Waals surface area contributed by atoms with E-state index in [9.17, 15) is 31.9 Å². The number of halogens is 5. The molecule has 1 heterocycles. The van der Waals surface area contributed by atoms with Crippen molar-refractivity contribution in [2.45, 2.75) is 19.3 Å². The van der Waals surface area contributed by atoms with Crippen LogP contribution >= 0.6 is 11.6 Å². The molecular weight excluding hydrogens is 490 g/mol. The predicted octanol–water partition coefficient (Wildman–Crippen LogP) is 4.28. The third-order valence-electron chi connectivity index (χ3n) is 5.25. The van der Waals surface area contributed by atoms with Gasteiger partial charge in [0, 0.05) is 11.6 Å². The van der Waals surface area contributed by atoms with E-state index in [0.717, 1.165) is 22.8 Å². The lowest BCUT2D eigenvalue weighted by Gasteiger charge is -2.15. The van der Waals surface area contributed by atoms with Gasteiger partial charge in [-0.2, -0.15) is 13.2 Å². The first kappa shape index (κ1) is 24.2. The fourth-order valence-corrected chi connectivity index (χ4v) is 3.76. The van der Waals surface area contributed by atoms with Gasteiger partial charge in [-0.15, -0.1) is 0 Å². The first-order chi connectivity index (χ1) is 16.6. The van der Waals surface area contributed by atoms with Crippen LogP contribution in [0.25, 0.3) is 16.6 Å². The van der Waals surface area contributed by atoms with Crippen LogP contribution in [0.5, 0.6) is 0 Å². The Balaban J connectivity index is 1.72. The largest absolute Gasteiger partial charge is 0.416 e. The Morgan fingerprint density at radius 3 is 2.43 bits per heavy atom. The lowest BCUT2D eigenvalue weighted by molar-refractivity contribution is -0.137. The molecule has 0 saturated heterocycles. The van der Waals surface area contributed by atoms with Crippen molar-refractivity contribution in [3.05, 3.63) is 110 Å². The molecule has 0 aliphatic carbocycles. The fourth-order valence-electron chi connectivity index (χ4n) is 3.60. The topological polar surface area (TPSA) is 73.1 Å². The van der Waals surface area contributed by atoms with Crippen LogP contribution < -0.4 is 16.6 Å². The van der Waals surface area contributed by atoms with Crippen LogP contribution in [-0.2, 0) is 24.1 Å². The third kappa shape index (κ3) is 4.97. The maximum Gasteiger partial charge on any atom is 0.416 e. The van der Waals surface area contributed by atoms with Gasteiger partial charge >= 0.3 is 11.9 Å². The van der Waals surface area contributed by atoms with Crippen molar-refractivity contribution in [2.75, 3.05) is 0 Å². The van der Waals surface area contributed by atoms with Gasteiger partial charge in [0.05, 0.1) is 22.2 Å². The minimum atomic E-state index is -4.54. The zero-order valence-corrected chi connectivity index (χ0v) is 18.5. The molecule has 180 valence electrons. The number of carbonyl (C=O) groups excluding carboxylic acids is 1. The molecule has 0 spiro atoms. The van der Waals surface area contributed by atoms with Crippen molar-refractivity contribution >= 4 is 28.4 Å². The summed E-state index contributed by atoms with van der Waals surface area (Å²) in [5.41, 5.74) is -2.69. The zero-order valence-electron chi connectivity index (χ0n) is 17.8. The van der Waals surface area contributed by atoms with E-state index in [-0.39, 0.29) is 33.7 Å². The quantitative estimate of drug-likeness (QED) is 0.412. The van der Waals surface area contributed by atoms with Gasteiger partial charge in [0.25, 0.3) is 5.56 Å². The molecule has 3 aromatic carbocycles. The Kier molecular flexibility index (Phi) is 6.49. The molecule has 0 aliphatic rings. The molecule has 4 rings (SSSR count). The van der Waals surface area contributed by atoms with Crippen molar-refractivity contribution in [2.24, 2.45) is 0 Å². The Bertz CT molecular complexity index is 1560. The van der Waals surface area contributed by atoms with Gasteiger partial charge in [0.2, 0.25) is 5.91 Å². The molecule has 1 N–H and O–H groups in total. The van der Waals surface area contributed by atoms with E-state index in [1.54, 1.807) is 0 Å². The molecule has 35 heavy (non-hydrogen) atoms. The van der Waals surface area contributed by atoms with Gasteiger partial charge in [0.15, 0.2) is 0 Å². The second-order valence-electron chi connectivity index (χ2n) is 7.60. The minimum absolute atomic E-state index is 0.0166. The molecule has 1 amide bonds. The maximum absolute atomic E-state index is 14.4. The molecule has 0 fully saturated rings. The second-order valence-corrected chi connectivity index (χ2v) is 8.03. The normalized spacial score (nSPS) is 11.6. The number of amides is 1. The number of fused-ring (bicyclic) bond motifs is 1. The van der Waals surface area contributed by atoms with Crippen LogP contribution in [0.15, 0.2) is 76.3 Å². The van der Waals surface area contributed by atoms with Crippen LogP contribution in [0.1, 0.15) is 11.1 Å². The highest BCUT2D eigenvalue weighted by Crippen LogP contribution is 2.29. The second kappa shape index (κ2) is 9.38. The summed E-state index contributed by atoms with van der Waals surface area (Å²) in [7, 11) is 0. The zero-order chi connectivity index (χ0) is 25.3. The molecule has 4 aromatic rings. The number of hydrogen-bond donors (Lipinski definition) is 1. The average Bonchev–Trinajstić information content (AvgIpc) is 2.81. The minimum Gasteiger partial charge on any atom is -0.350 e. The number of benzene rings is 3. The highest BCUT2D eigenvalue weighted by Gasteiger charge is 2.30. The molecule has 11 heteroatoms. The molecule has 0 aliphatic heterocycles. The standard InChI is InChI=1S/C24H16ClF4N3O3/c25-16-8-9-17-20(11-16)31(23(35)32(22(17)34)19-7-2-1-6-18(19)26)13-21(33)30-12-14-4-3-5-15(10-14)24(27,28)29/h1-11H,12-13H2,(H,30,33). The summed E-state index contributed by atoms with van der Waals surface area (Å²) in [6.07, 6.45) is -4.54. The summed E-state index contributed by atoms with van der Waals surface area (Å²) in [4.78, 5) is 38.9. The number of nitrogens with one attached hydrogen (secondary N) is 1. The van der Waals surface area contributed by atoms with Crippen LogP contribution in [-0.4, -0.2) is 15.0 Å². The van der Waals surface area contributed by atoms with Crippen molar-refractivity contribution in [3.8, 4) is 5.69 Å². The number of alkyl halides is 3. The highest BCUT2D eigenvalue weighted by atomic mass is 35.5. The SMILES string of the molecule is O=C(Cn1c(=O)n(-c2ccccc2F)c(=O)c2ccc(Cl)cc21)NCc1cccc(C(F)(F)F)c1. The molecule has 1 aromatic heterocycles. The summed E-state index contributed by atoms with van der Waals surface area (Å²) < 4.78 is 54.8. The van der Waals surface area contributed by atoms with E-state index in [1.807, 2.05) is 0 Å². The van der Waals surface area contributed by atoms with Gasteiger partial charge in [-0.3, -0.25) is 14.2 Å². The van der Waals surface area contributed by atoms with E-state index in [4.69, 9.17) is 11.6 Å². The Hall–Kier alpha value is -3.92. The van der Waals surface area contributed by atoms with Gasteiger partial charge in [-0.25, -0.2) is 13.8 Å². The number of rotatable bonds is 5. The summed E-state index contributed by atoms with van der Waals surface area (Å²) in [6, 6.07) is 13.7. The first-order valence-electron chi connectivity index (χ1n) is 10.2. The van der Waals surface area contributed by atoms with Crippen molar-refractivity contribution in [3.63, 3.8) is 0 Å². The average molecular weight is 506 g/mol. The molecule has 0 bridgehead atoms. The van der Waals surface area contributed by atoms with Gasteiger partial charge in [-0.1, -0.05) is 35.9 Å². The van der Waals surface area contributed by atoms with Gasteiger partial charge < -0.3 is 5.32 Å². The number of carbonyl (C=O) groups is 1. The van der Waals surface area contributed by atoms with E-state index >= 15 is 0 Å². The monoisotopic (exact) mass is 505 g/mol. The molecule has 0 atom stereocenters. The van der Waals surface area contributed by atoms with Crippen LogP contribution in [0.3, 0.4) is 0 Å². The van der Waals surface area contributed by atoms with Crippen molar-refractivity contribution in [1.82, 2.24) is 14.5 Å². The third-order valence-corrected chi connectivity index (χ3v) is 5.48. The first-order valence-corrected chi connectivity index (χ1v) is 10.6. The van der Waals surface area contributed by atoms with Crippen LogP contribution in [0.4, 0.5) is 17.6 Å². The molecule has 0 radical (unpaired) electrons. The maximum atomic E-state index is 14.4. The smallest absolute Gasteiger partial charge is 0.350 e. The Morgan fingerprint density at radius 2 is 1.71 bits per heavy atom. The Labute approximate surface area is 200 Å². The molecular formula is C24H16ClF4N3O3. The summed E-state index contributed by atoms with van der Waals surface area (Å²) in [5.74, 6) is -1.54. The van der Waals surface area contributed by atoms with Crippen LogP contribution in [0.2, 0.25) is 5.02 Å². The summed E-state index contributed by atoms with van der Waals surface area (Å²) in [5, 5.41) is 2.67. The number of nitrogens with zero attached hydrogens (tertiary/aromatic N) is 2. The summed E-state index contributed by atoms with van der Waals surface area (Å²) >= 11 is 6.03. The number of hydrogen-bond acceptors (Lipinski definition) is 3.